The van der Waals surface area contributed by atoms with E-state index < -0.39 is 11.5 Å². The van der Waals surface area contributed by atoms with Gasteiger partial charge < -0.3 is 15.0 Å². The van der Waals surface area contributed by atoms with Crippen molar-refractivity contribution in [1.82, 2.24) is 9.88 Å². The van der Waals surface area contributed by atoms with Crippen molar-refractivity contribution >= 4 is 22.8 Å². The summed E-state index contributed by atoms with van der Waals surface area (Å²) < 4.78 is 0. The molecule has 1 amide bonds. The van der Waals surface area contributed by atoms with Gasteiger partial charge in [0.1, 0.15) is 5.54 Å². The highest BCUT2D eigenvalue weighted by Gasteiger charge is 2.45. The Balaban J connectivity index is 1.85. The number of nitrogens with zero attached hydrogens (tertiary/aromatic N) is 1. The summed E-state index contributed by atoms with van der Waals surface area (Å²) in [6.07, 6.45) is 5.91. The first-order valence-electron chi connectivity index (χ1n) is 8.51. The van der Waals surface area contributed by atoms with Crippen LogP contribution in [0.3, 0.4) is 0 Å². The molecule has 1 aliphatic carbocycles. The minimum Gasteiger partial charge on any atom is -0.479 e. The van der Waals surface area contributed by atoms with Gasteiger partial charge in [0.05, 0.1) is 6.42 Å². The average molecular weight is 328 g/mol. The molecule has 0 spiro atoms. The molecule has 0 bridgehead atoms. The van der Waals surface area contributed by atoms with E-state index in [1.165, 1.54) is 4.90 Å². The lowest BCUT2D eigenvalue weighted by Gasteiger charge is -2.41. The Labute approximate surface area is 141 Å². The first-order valence-corrected chi connectivity index (χ1v) is 8.51. The summed E-state index contributed by atoms with van der Waals surface area (Å²) in [5, 5.41) is 10.8. The number of amides is 1. The van der Waals surface area contributed by atoms with Gasteiger partial charge in [-0.3, -0.25) is 4.79 Å². The number of likely N-dealkylation sites (N-methyl/N-ethyl adjacent to an activating group) is 1. The molecule has 1 aromatic carbocycles. The van der Waals surface area contributed by atoms with Crippen molar-refractivity contribution in [1.29, 1.82) is 0 Å². The normalized spacial score (nSPS) is 16.9. The number of H-pyrrole nitrogens is 1. The SMILES string of the molecule is Cc1cccc2c(CC(=O)N(C)C3(C(=O)O)CCCCC3)c[nH]c12. The summed E-state index contributed by atoms with van der Waals surface area (Å²) in [4.78, 5) is 29.4. The highest BCUT2D eigenvalue weighted by Crippen LogP contribution is 2.34. The van der Waals surface area contributed by atoms with Gasteiger partial charge in [0.2, 0.25) is 5.91 Å². The van der Waals surface area contributed by atoms with Gasteiger partial charge in [-0.1, -0.05) is 37.5 Å². The minimum absolute atomic E-state index is 0.137. The van der Waals surface area contributed by atoms with E-state index >= 15 is 0 Å². The molecule has 2 N–H and O–H groups in total. The number of aromatic nitrogens is 1. The quantitative estimate of drug-likeness (QED) is 0.904. The molecular weight excluding hydrogens is 304 g/mol. The number of benzene rings is 1. The molecule has 0 unspecified atom stereocenters. The second-order valence-electron chi connectivity index (χ2n) is 6.84. The summed E-state index contributed by atoms with van der Waals surface area (Å²) in [5.41, 5.74) is 2.04. The molecule has 2 aromatic rings. The highest BCUT2D eigenvalue weighted by atomic mass is 16.4. The third-order valence-electron chi connectivity index (χ3n) is 5.45. The van der Waals surface area contributed by atoms with E-state index in [1.54, 1.807) is 7.05 Å². The summed E-state index contributed by atoms with van der Waals surface area (Å²) in [6, 6.07) is 6.00. The van der Waals surface area contributed by atoms with E-state index in [-0.39, 0.29) is 12.3 Å². The van der Waals surface area contributed by atoms with Crippen molar-refractivity contribution in [2.24, 2.45) is 0 Å². The lowest BCUT2D eigenvalue weighted by Crippen LogP contribution is -2.56. The van der Waals surface area contributed by atoms with Gasteiger partial charge in [-0.05, 0) is 30.9 Å². The van der Waals surface area contributed by atoms with Crippen LogP contribution in [0, 0.1) is 6.92 Å². The number of hydrogen-bond acceptors (Lipinski definition) is 2. The van der Waals surface area contributed by atoms with Gasteiger partial charge in [0.15, 0.2) is 0 Å². The molecule has 1 saturated carbocycles. The topological polar surface area (TPSA) is 73.4 Å². The van der Waals surface area contributed by atoms with Crippen LogP contribution in [-0.2, 0) is 16.0 Å². The van der Waals surface area contributed by atoms with E-state index in [2.05, 4.69) is 4.98 Å². The maximum absolute atomic E-state index is 12.8. The zero-order chi connectivity index (χ0) is 17.3. The van der Waals surface area contributed by atoms with Crippen LogP contribution in [0.2, 0.25) is 0 Å². The first-order chi connectivity index (χ1) is 11.5. The predicted octanol–water partition coefficient (Wildman–Crippen LogP) is 3.26. The van der Waals surface area contributed by atoms with Crippen LogP contribution in [0.1, 0.15) is 43.2 Å². The summed E-state index contributed by atoms with van der Waals surface area (Å²) >= 11 is 0. The Bertz CT molecular complexity index is 772. The molecule has 0 atom stereocenters. The largest absolute Gasteiger partial charge is 0.479 e. The number of aromatic amines is 1. The average Bonchev–Trinajstić information content (AvgIpc) is 2.99. The summed E-state index contributed by atoms with van der Waals surface area (Å²) in [6.45, 7) is 2.03. The Morgan fingerprint density at radius 3 is 2.62 bits per heavy atom. The number of para-hydroxylation sites is 1. The monoisotopic (exact) mass is 328 g/mol. The van der Waals surface area contributed by atoms with Crippen LogP contribution in [0.4, 0.5) is 0 Å². The Morgan fingerprint density at radius 2 is 1.96 bits per heavy atom. The van der Waals surface area contributed by atoms with Crippen LogP contribution in [0.5, 0.6) is 0 Å². The fourth-order valence-corrected chi connectivity index (χ4v) is 3.86. The van der Waals surface area contributed by atoms with Gasteiger partial charge in [-0.2, -0.15) is 0 Å². The van der Waals surface area contributed by atoms with E-state index in [0.29, 0.717) is 12.8 Å². The van der Waals surface area contributed by atoms with E-state index in [0.717, 1.165) is 41.3 Å². The molecule has 1 aliphatic rings. The fourth-order valence-electron chi connectivity index (χ4n) is 3.86. The van der Waals surface area contributed by atoms with Crippen molar-refractivity contribution in [2.45, 2.75) is 51.0 Å². The molecule has 1 heterocycles. The van der Waals surface area contributed by atoms with Crippen LogP contribution in [0.15, 0.2) is 24.4 Å². The molecular formula is C19H24N2O3. The number of carboxylic acid groups (broad SMARTS) is 1. The Hall–Kier alpha value is -2.30. The van der Waals surface area contributed by atoms with Crippen molar-refractivity contribution in [3.8, 4) is 0 Å². The van der Waals surface area contributed by atoms with Gasteiger partial charge in [-0.15, -0.1) is 0 Å². The number of fused-ring (bicyclic) bond motifs is 1. The zero-order valence-corrected chi connectivity index (χ0v) is 14.3. The number of carbonyl (C=O) groups is 2. The summed E-state index contributed by atoms with van der Waals surface area (Å²) in [7, 11) is 1.64. The Morgan fingerprint density at radius 1 is 1.25 bits per heavy atom. The number of nitrogens with one attached hydrogen (secondary N) is 1. The van der Waals surface area contributed by atoms with Crippen LogP contribution < -0.4 is 0 Å². The maximum Gasteiger partial charge on any atom is 0.329 e. The molecule has 5 nitrogen and oxygen atoms in total. The second kappa shape index (κ2) is 6.30. The van der Waals surface area contributed by atoms with Crippen molar-refractivity contribution in [3.05, 3.63) is 35.5 Å². The van der Waals surface area contributed by atoms with Crippen molar-refractivity contribution in [3.63, 3.8) is 0 Å². The first kappa shape index (κ1) is 16.6. The molecule has 24 heavy (non-hydrogen) atoms. The lowest BCUT2D eigenvalue weighted by molar-refractivity contribution is -0.160. The standard InChI is InChI=1S/C19H24N2O3/c1-13-7-6-8-15-14(12-20-17(13)15)11-16(22)21(2)19(18(23)24)9-4-3-5-10-19/h6-8,12,20H,3-5,9-11H2,1-2H3,(H,23,24). The number of hydrogen-bond donors (Lipinski definition) is 2. The van der Waals surface area contributed by atoms with Gasteiger partial charge >= 0.3 is 5.97 Å². The number of rotatable bonds is 4. The molecule has 0 aliphatic heterocycles. The smallest absolute Gasteiger partial charge is 0.329 e. The molecule has 1 aromatic heterocycles. The van der Waals surface area contributed by atoms with Crippen LogP contribution in [0.25, 0.3) is 10.9 Å². The zero-order valence-electron chi connectivity index (χ0n) is 14.3. The van der Waals surface area contributed by atoms with Crippen LogP contribution >= 0.6 is 0 Å². The third-order valence-corrected chi connectivity index (χ3v) is 5.45. The minimum atomic E-state index is -1.04. The van der Waals surface area contributed by atoms with E-state index in [9.17, 15) is 14.7 Å². The Kier molecular flexibility index (Phi) is 4.35. The van der Waals surface area contributed by atoms with Gasteiger partial charge in [0.25, 0.3) is 0 Å². The summed E-state index contributed by atoms with van der Waals surface area (Å²) in [5.74, 6) is -1.02. The molecule has 5 heteroatoms. The van der Waals surface area contributed by atoms with Gasteiger partial charge in [0, 0.05) is 24.1 Å². The maximum atomic E-state index is 12.8. The molecule has 128 valence electrons. The second-order valence-corrected chi connectivity index (χ2v) is 6.84. The molecule has 1 fully saturated rings. The van der Waals surface area contributed by atoms with E-state index in [4.69, 9.17) is 0 Å². The molecule has 3 rings (SSSR count). The number of carbonyl (C=O) groups excluding carboxylic acids is 1. The highest BCUT2D eigenvalue weighted by molar-refractivity contribution is 5.92. The lowest BCUT2D eigenvalue weighted by atomic mass is 9.80. The van der Waals surface area contributed by atoms with E-state index in [1.807, 2.05) is 31.3 Å². The third kappa shape index (κ3) is 2.68. The van der Waals surface area contributed by atoms with Gasteiger partial charge in [-0.25, -0.2) is 4.79 Å². The number of aryl methyl sites for hydroxylation is 1. The van der Waals surface area contributed by atoms with Crippen molar-refractivity contribution < 1.29 is 14.7 Å². The molecule has 0 saturated heterocycles. The fraction of sp³-hybridized carbons (Fsp3) is 0.474. The predicted molar refractivity (Wildman–Crippen MR) is 93.0 cm³/mol. The van der Waals surface area contributed by atoms with Crippen LogP contribution in [-0.4, -0.2) is 39.5 Å². The van der Waals surface area contributed by atoms with Crippen molar-refractivity contribution in [2.75, 3.05) is 7.05 Å². The number of aliphatic carboxylic acids is 1. The number of carboxylic acids is 1. The molecule has 0 radical (unpaired) electrons.